The third kappa shape index (κ3) is 2.12. The van der Waals surface area contributed by atoms with Gasteiger partial charge in [-0.15, -0.1) is 0 Å². The highest BCUT2D eigenvalue weighted by atomic mass is 32.2. The van der Waals surface area contributed by atoms with E-state index in [0.29, 0.717) is 0 Å². The second-order valence-electron chi connectivity index (χ2n) is 6.18. The van der Waals surface area contributed by atoms with Gasteiger partial charge in [-0.25, -0.2) is 17.5 Å². The fourth-order valence-corrected chi connectivity index (χ4v) is 4.12. The zero-order valence-electron chi connectivity index (χ0n) is 11.5. The number of sulfonamides is 1. The lowest BCUT2D eigenvalue weighted by atomic mass is 10.0. The molecule has 1 aliphatic carbocycles. The number of anilines is 1. The molecule has 106 valence electrons. The highest BCUT2D eigenvalue weighted by Gasteiger charge is 2.66. The predicted octanol–water partition coefficient (Wildman–Crippen LogP) is 2.12. The Hall–Kier alpha value is -1.14. The number of rotatable bonds is 3. The molecule has 0 heterocycles. The van der Waals surface area contributed by atoms with E-state index in [2.05, 4.69) is 4.72 Å². The molecule has 1 aromatic rings. The number of nitrogen functional groups attached to an aromatic ring is 1. The molecule has 0 amide bonds. The van der Waals surface area contributed by atoms with E-state index in [1.54, 1.807) is 0 Å². The first-order valence-electron chi connectivity index (χ1n) is 6.07. The second kappa shape index (κ2) is 3.93. The molecule has 0 unspecified atom stereocenters. The van der Waals surface area contributed by atoms with Crippen molar-refractivity contribution < 1.29 is 12.8 Å². The van der Waals surface area contributed by atoms with E-state index >= 15 is 0 Å². The maximum atomic E-state index is 13.2. The van der Waals surface area contributed by atoms with Gasteiger partial charge in [0.25, 0.3) is 0 Å². The average molecular weight is 286 g/mol. The lowest BCUT2D eigenvalue weighted by molar-refractivity contribution is 0.457. The smallest absolute Gasteiger partial charge is 0.243 e. The summed E-state index contributed by atoms with van der Waals surface area (Å²) < 4.78 is 40.4. The number of halogens is 1. The van der Waals surface area contributed by atoms with Crippen molar-refractivity contribution in [1.82, 2.24) is 4.72 Å². The van der Waals surface area contributed by atoms with Crippen LogP contribution in [0.15, 0.2) is 23.1 Å². The predicted molar refractivity (Wildman–Crippen MR) is 72.5 cm³/mol. The lowest BCUT2D eigenvalue weighted by Crippen LogP contribution is -2.30. The summed E-state index contributed by atoms with van der Waals surface area (Å²) in [5.74, 6) is -0.621. The van der Waals surface area contributed by atoms with Gasteiger partial charge in [-0.2, -0.15) is 0 Å². The molecule has 1 fully saturated rings. The molecule has 0 bridgehead atoms. The third-order valence-corrected chi connectivity index (χ3v) is 6.04. The molecule has 1 aliphatic rings. The number of hydrogen-bond acceptors (Lipinski definition) is 3. The second-order valence-corrected chi connectivity index (χ2v) is 7.86. The van der Waals surface area contributed by atoms with Gasteiger partial charge in [-0.1, -0.05) is 27.7 Å². The topological polar surface area (TPSA) is 72.2 Å². The Morgan fingerprint density at radius 3 is 2.21 bits per heavy atom. The standard InChI is InChI=1S/C13H19FN2O2S/c1-12(2)11(13(12,3)4)16-19(17,18)10-7-8(14)5-6-9(10)15/h5-7,11,16H,15H2,1-4H3. The number of hydrogen-bond donors (Lipinski definition) is 2. The summed E-state index contributed by atoms with van der Waals surface area (Å²) in [5.41, 5.74) is 5.39. The normalized spacial score (nSPS) is 21.3. The van der Waals surface area contributed by atoms with Crippen molar-refractivity contribution in [3.05, 3.63) is 24.0 Å². The average Bonchev–Trinajstić information content (AvgIpc) is 2.64. The van der Waals surface area contributed by atoms with Crippen LogP contribution in [0, 0.1) is 16.6 Å². The zero-order chi connectivity index (χ0) is 14.6. The van der Waals surface area contributed by atoms with Crippen molar-refractivity contribution in [2.75, 3.05) is 5.73 Å². The molecular weight excluding hydrogens is 267 g/mol. The molecule has 0 aromatic heterocycles. The van der Waals surface area contributed by atoms with E-state index in [4.69, 9.17) is 5.73 Å². The van der Waals surface area contributed by atoms with Gasteiger partial charge in [0.2, 0.25) is 10.0 Å². The van der Waals surface area contributed by atoms with Gasteiger partial charge in [0, 0.05) is 6.04 Å². The van der Waals surface area contributed by atoms with Gasteiger partial charge in [0.1, 0.15) is 10.7 Å². The van der Waals surface area contributed by atoms with Gasteiger partial charge in [0.15, 0.2) is 0 Å². The van der Waals surface area contributed by atoms with Crippen molar-refractivity contribution in [2.45, 2.75) is 38.6 Å². The fourth-order valence-electron chi connectivity index (χ4n) is 2.45. The van der Waals surface area contributed by atoms with E-state index in [0.717, 1.165) is 12.1 Å². The molecule has 1 aromatic carbocycles. The van der Waals surface area contributed by atoms with Crippen LogP contribution >= 0.6 is 0 Å². The largest absolute Gasteiger partial charge is 0.398 e. The summed E-state index contributed by atoms with van der Waals surface area (Å²) in [7, 11) is -3.81. The van der Waals surface area contributed by atoms with Crippen LogP contribution in [0.1, 0.15) is 27.7 Å². The van der Waals surface area contributed by atoms with E-state index in [1.165, 1.54) is 6.07 Å². The molecule has 19 heavy (non-hydrogen) atoms. The third-order valence-electron chi connectivity index (χ3n) is 4.56. The minimum absolute atomic E-state index is 0.0464. The minimum atomic E-state index is -3.81. The Labute approximate surface area is 113 Å². The van der Waals surface area contributed by atoms with Gasteiger partial charge >= 0.3 is 0 Å². The summed E-state index contributed by atoms with van der Waals surface area (Å²) in [6.45, 7) is 7.98. The van der Waals surface area contributed by atoms with Crippen molar-refractivity contribution in [2.24, 2.45) is 10.8 Å². The van der Waals surface area contributed by atoms with Crippen molar-refractivity contribution in [3.8, 4) is 0 Å². The Balaban J connectivity index is 2.33. The highest BCUT2D eigenvalue weighted by Crippen LogP contribution is 2.63. The Morgan fingerprint density at radius 2 is 1.74 bits per heavy atom. The molecule has 6 heteroatoms. The first-order chi connectivity index (χ1) is 8.50. The summed E-state index contributed by atoms with van der Waals surface area (Å²) in [5, 5.41) is 0. The molecule has 0 aliphatic heterocycles. The summed E-state index contributed by atoms with van der Waals surface area (Å²) >= 11 is 0. The minimum Gasteiger partial charge on any atom is -0.398 e. The molecule has 0 radical (unpaired) electrons. The molecule has 0 saturated heterocycles. The molecule has 0 atom stereocenters. The number of nitrogens with one attached hydrogen (secondary N) is 1. The SMILES string of the molecule is CC1(C)C(NS(=O)(=O)c2cc(F)ccc2N)C1(C)C. The van der Waals surface area contributed by atoms with Gasteiger partial charge in [-0.3, -0.25) is 0 Å². The van der Waals surface area contributed by atoms with Gasteiger partial charge in [-0.05, 0) is 29.0 Å². The first-order valence-corrected chi connectivity index (χ1v) is 7.56. The Bertz CT molecular complexity index is 610. The molecule has 0 spiro atoms. The van der Waals surface area contributed by atoms with Crippen molar-refractivity contribution >= 4 is 15.7 Å². The molecule has 2 rings (SSSR count). The van der Waals surface area contributed by atoms with Crippen LogP contribution in [-0.4, -0.2) is 14.5 Å². The first kappa shape index (κ1) is 14.3. The highest BCUT2D eigenvalue weighted by molar-refractivity contribution is 7.89. The Kier molecular flexibility index (Phi) is 2.95. The number of nitrogens with two attached hydrogens (primary N) is 1. The number of benzene rings is 1. The van der Waals surface area contributed by atoms with E-state index in [1.807, 2.05) is 27.7 Å². The molecular formula is C13H19FN2O2S. The maximum Gasteiger partial charge on any atom is 0.243 e. The van der Waals surface area contributed by atoms with Gasteiger partial charge < -0.3 is 5.73 Å². The lowest BCUT2D eigenvalue weighted by Gasteiger charge is -2.10. The molecule has 3 N–H and O–H groups in total. The van der Waals surface area contributed by atoms with Crippen LogP contribution in [0.3, 0.4) is 0 Å². The monoisotopic (exact) mass is 286 g/mol. The molecule has 1 saturated carbocycles. The fraction of sp³-hybridized carbons (Fsp3) is 0.538. The summed E-state index contributed by atoms with van der Waals surface area (Å²) in [6, 6.07) is 3.15. The van der Waals surface area contributed by atoms with Crippen LogP contribution in [0.5, 0.6) is 0 Å². The van der Waals surface area contributed by atoms with E-state index in [9.17, 15) is 12.8 Å². The van der Waals surface area contributed by atoms with E-state index < -0.39 is 15.8 Å². The van der Waals surface area contributed by atoms with E-state index in [-0.39, 0.29) is 27.5 Å². The summed E-state index contributed by atoms with van der Waals surface area (Å²) in [4.78, 5) is -0.203. The van der Waals surface area contributed by atoms with Crippen molar-refractivity contribution in [1.29, 1.82) is 0 Å². The molecule has 4 nitrogen and oxygen atoms in total. The maximum absolute atomic E-state index is 13.2. The van der Waals surface area contributed by atoms with Crippen molar-refractivity contribution in [3.63, 3.8) is 0 Å². The Morgan fingerprint density at radius 1 is 1.21 bits per heavy atom. The van der Waals surface area contributed by atoms with Crippen LogP contribution in [0.4, 0.5) is 10.1 Å². The van der Waals surface area contributed by atoms with Crippen LogP contribution in [-0.2, 0) is 10.0 Å². The van der Waals surface area contributed by atoms with Crippen LogP contribution in [0.25, 0.3) is 0 Å². The quantitative estimate of drug-likeness (QED) is 0.836. The van der Waals surface area contributed by atoms with Crippen LogP contribution < -0.4 is 10.5 Å². The zero-order valence-corrected chi connectivity index (χ0v) is 12.3. The van der Waals surface area contributed by atoms with Gasteiger partial charge in [0.05, 0.1) is 5.69 Å². The van der Waals surface area contributed by atoms with Crippen LogP contribution in [0.2, 0.25) is 0 Å². The summed E-state index contributed by atoms with van der Waals surface area (Å²) in [6.07, 6.45) is 0.